The Bertz CT molecular complexity index is 415. The van der Waals surface area contributed by atoms with Crippen LogP contribution in [0.4, 0.5) is 0 Å². The second-order valence-corrected chi connectivity index (χ2v) is 5.63. The van der Waals surface area contributed by atoms with Gasteiger partial charge in [0.05, 0.1) is 12.7 Å². The van der Waals surface area contributed by atoms with Crippen LogP contribution in [0.25, 0.3) is 0 Å². The highest BCUT2D eigenvalue weighted by Crippen LogP contribution is 2.22. The zero-order valence-corrected chi connectivity index (χ0v) is 12.6. The highest BCUT2D eigenvalue weighted by atomic mass is 16.5. The maximum Gasteiger partial charge on any atom is 0.125 e. The number of para-hydroxylation sites is 1. The number of hydrogen-bond acceptors (Lipinski definition) is 4. The lowest BCUT2D eigenvalue weighted by Crippen LogP contribution is -2.45. The molecule has 2 rings (SSSR count). The van der Waals surface area contributed by atoms with Crippen LogP contribution in [0.5, 0.6) is 5.75 Å². The van der Waals surface area contributed by atoms with Gasteiger partial charge in [-0.05, 0) is 31.9 Å². The number of aliphatic hydroxyl groups is 1. The number of rotatable bonds is 5. The highest BCUT2D eigenvalue weighted by molar-refractivity contribution is 5.39. The molecule has 1 aromatic rings. The van der Waals surface area contributed by atoms with Crippen molar-refractivity contribution < 1.29 is 14.6 Å². The van der Waals surface area contributed by atoms with E-state index in [1.54, 1.807) is 0 Å². The molecule has 1 aliphatic heterocycles. The number of ether oxygens (including phenoxy) is 2. The lowest BCUT2D eigenvalue weighted by atomic mass is 10.1. The van der Waals surface area contributed by atoms with Crippen LogP contribution < -0.4 is 4.74 Å². The summed E-state index contributed by atoms with van der Waals surface area (Å²) in [6.45, 7) is 9.58. The van der Waals surface area contributed by atoms with Gasteiger partial charge in [0, 0.05) is 19.6 Å². The fraction of sp³-hybridized carbons (Fsp3) is 0.625. The van der Waals surface area contributed by atoms with E-state index in [2.05, 4.69) is 11.8 Å². The minimum Gasteiger partial charge on any atom is -0.490 e. The number of benzene rings is 1. The number of morpholine rings is 1. The van der Waals surface area contributed by atoms with Gasteiger partial charge in [0.25, 0.3) is 0 Å². The van der Waals surface area contributed by atoms with Crippen LogP contribution >= 0.6 is 0 Å². The van der Waals surface area contributed by atoms with Gasteiger partial charge in [0.1, 0.15) is 18.5 Å². The van der Waals surface area contributed by atoms with Crippen molar-refractivity contribution >= 4 is 0 Å². The molecule has 0 aliphatic carbocycles. The van der Waals surface area contributed by atoms with Crippen molar-refractivity contribution in [2.45, 2.75) is 33.0 Å². The van der Waals surface area contributed by atoms with Crippen LogP contribution in [0.15, 0.2) is 18.2 Å². The average molecular weight is 279 g/mol. The first-order valence-electron chi connectivity index (χ1n) is 7.27. The normalized spacial score (nSPS) is 21.7. The molecule has 0 amide bonds. The molecule has 112 valence electrons. The molecular formula is C16H25NO3. The Labute approximate surface area is 121 Å². The quantitative estimate of drug-likeness (QED) is 0.892. The third kappa shape index (κ3) is 4.20. The first-order chi connectivity index (χ1) is 9.56. The summed E-state index contributed by atoms with van der Waals surface area (Å²) >= 11 is 0. The molecule has 1 aromatic carbocycles. The van der Waals surface area contributed by atoms with Gasteiger partial charge >= 0.3 is 0 Å². The number of aliphatic hydroxyl groups excluding tert-OH is 1. The molecule has 2 unspecified atom stereocenters. The van der Waals surface area contributed by atoms with E-state index in [1.165, 1.54) is 0 Å². The van der Waals surface area contributed by atoms with Crippen LogP contribution in [0.2, 0.25) is 0 Å². The number of β-amino-alcohol motifs (C(OH)–C–C–N with tert-alkyl or cyclic N) is 1. The van der Waals surface area contributed by atoms with Crippen molar-refractivity contribution in [2.75, 3.05) is 32.8 Å². The maximum atomic E-state index is 10.1. The van der Waals surface area contributed by atoms with Crippen molar-refractivity contribution in [3.63, 3.8) is 0 Å². The van der Waals surface area contributed by atoms with Gasteiger partial charge in [-0.2, -0.15) is 0 Å². The standard InChI is InChI=1S/C16H25NO3/c1-12-5-4-6-13(2)16(12)20-11-15(18)10-17-7-8-19-14(3)9-17/h4-6,14-15,18H,7-11H2,1-3H3. The van der Waals surface area contributed by atoms with E-state index in [-0.39, 0.29) is 6.10 Å². The molecule has 0 aromatic heterocycles. The van der Waals surface area contributed by atoms with E-state index >= 15 is 0 Å². The fourth-order valence-corrected chi connectivity index (χ4v) is 2.61. The van der Waals surface area contributed by atoms with Gasteiger partial charge in [0.2, 0.25) is 0 Å². The molecule has 1 aliphatic rings. The summed E-state index contributed by atoms with van der Waals surface area (Å²) in [4.78, 5) is 2.23. The third-order valence-electron chi connectivity index (χ3n) is 3.62. The number of nitrogens with zero attached hydrogens (tertiary/aromatic N) is 1. The van der Waals surface area contributed by atoms with E-state index < -0.39 is 6.10 Å². The van der Waals surface area contributed by atoms with Crippen LogP contribution in [0.1, 0.15) is 18.1 Å². The average Bonchev–Trinajstić information content (AvgIpc) is 2.38. The summed E-state index contributed by atoms with van der Waals surface area (Å²) in [7, 11) is 0. The summed E-state index contributed by atoms with van der Waals surface area (Å²) in [5.41, 5.74) is 2.22. The molecule has 1 fully saturated rings. The summed E-state index contributed by atoms with van der Waals surface area (Å²) in [5, 5.41) is 10.1. The largest absolute Gasteiger partial charge is 0.490 e. The minimum absolute atomic E-state index is 0.246. The summed E-state index contributed by atoms with van der Waals surface area (Å²) < 4.78 is 11.3. The molecule has 0 bridgehead atoms. The van der Waals surface area contributed by atoms with Crippen molar-refractivity contribution in [2.24, 2.45) is 0 Å². The second-order valence-electron chi connectivity index (χ2n) is 5.63. The fourth-order valence-electron chi connectivity index (χ4n) is 2.61. The van der Waals surface area contributed by atoms with Crippen LogP contribution in [-0.4, -0.2) is 55.1 Å². The summed E-state index contributed by atoms with van der Waals surface area (Å²) in [5.74, 6) is 0.891. The first kappa shape index (κ1) is 15.3. The SMILES string of the molecule is Cc1cccc(C)c1OCC(O)CN1CCOC(C)C1. The van der Waals surface area contributed by atoms with Crippen molar-refractivity contribution in [3.8, 4) is 5.75 Å². The molecule has 1 heterocycles. The third-order valence-corrected chi connectivity index (χ3v) is 3.62. The Hall–Kier alpha value is -1.10. The number of aryl methyl sites for hydroxylation is 2. The first-order valence-corrected chi connectivity index (χ1v) is 7.27. The Morgan fingerprint density at radius 2 is 2.10 bits per heavy atom. The molecular weight excluding hydrogens is 254 g/mol. The Kier molecular flexibility index (Phi) is 5.40. The van der Waals surface area contributed by atoms with Gasteiger partial charge in [0.15, 0.2) is 0 Å². The molecule has 0 saturated carbocycles. The molecule has 4 nitrogen and oxygen atoms in total. The monoisotopic (exact) mass is 279 g/mol. The Morgan fingerprint density at radius 1 is 1.40 bits per heavy atom. The zero-order chi connectivity index (χ0) is 14.5. The van der Waals surface area contributed by atoms with Crippen molar-refractivity contribution in [3.05, 3.63) is 29.3 Å². The second kappa shape index (κ2) is 7.07. The van der Waals surface area contributed by atoms with Gasteiger partial charge < -0.3 is 14.6 Å². The lowest BCUT2D eigenvalue weighted by Gasteiger charge is -2.32. The predicted octanol–water partition coefficient (Wildman–Crippen LogP) is 1.76. The van der Waals surface area contributed by atoms with E-state index in [9.17, 15) is 5.11 Å². The molecule has 4 heteroatoms. The summed E-state index contributed by atoms with van der Waals surface area (Å²) in [6, 6.07) is 6.07. The maximum absolute atomic E-state index is 10.1. The van der Waals surface area contributed by atoms with E-state index in [1.807, 2.05) is 32.0 Å². The molecule has 0 radical (unpaired) electrons. The van der Waals surface area contributed by atoms with Crippen LogP contribution in [-0.2, 0) is 4.74 Å². The summed E-state index contributed by atoms with van der Waals surface area (Å²) in [6.07, 6.45) is -0.227. The molecule has 20 heavy (non-hydrogen) atoms. The van der Waals surface area contributed by atoms with Gasteiger partial charge in [-0.15, -0.1) is 0 Å². The predicted molar refractivity (Wildman–Crippen MR) is 79.3 cm³/mol. The van der Waals surface area contributed by atoms with E-state index in [0.29, 0.717) is 13.2 Å². The van der Waals surface area contributed by atoms with E-state index in [0.717, 1.165) is 36.6 Å². The number of hydrogen-bond donors (Lipinski definition) is 1. The smallest absolute Gasteiger partial charge is 0.125 e. The minimum atomic E-state index is -0.473. The topological polar surface area (TPSA) is 41.9 Å². The van der Waals surface area contributed by atoms with Crippen LogP contribution in [0.3, 0.4) is 0 Å². The molecule has 0 spiro atoms. The molecule has 2 atom stereocenters. The van der Waals surface area contributed by atoms with Gasteiger partial charge in [-0.3, -0.25) is 4.90 Å². The van der Waals surface area contributed by atoms with Gasteiger partial charge in [-0.1, -0.05) is 18.2 Å². The lowest BCUT2D eigenvalue weighted by molar-refractivity contribution is -0.0361. The Balaban J connectivity index is 1.81. The van der Waals surface area contributed by atoms with Crippen LogP contribution in [0, 0.1) is 13.8 Å². The zero-order valence-electron chi connectivity index (χ0n) is 12.6. The Morgan fingerprint density at radius 3 is 2.75 bits per heavy atom. The molecule has 1 saturated heterocycles. The molecule has 1 N–H and O–H groups in total. The highest BCUT2D eigenvalue weighted by Gasteiger charge is 2.19. The van der Waals surface area contributed by atoms with Crippen molar-refractivity contribution in [1.82, 2.24) is 4.90 Å². The van der Waals surface area contributed by atoms with E-state index in [4.69, 9.17) is 9.47 Å². The van der Waals surface area contributed by atoms with Crippen molar-refractivity contribution in [1.29, 1.82) is 0 Å². The van der Waals surface area contributed by atoms with Gasteiger partial charge in [-0.25, -0.2) is 0 Å².